The second-order valence-electron chi connectivity index (χ2n) is 4.48. The van der Waals surface area contributed by atoms with Gasteiger partial charge in [0.1, 0.15) is 12.7 Å². The Kier molecular flexibility index (Phi) is 4.86. The van der Waals surface area contributed by atoms with Crippen molar-refractivity contribution in [3.05, 3.63) is 48.0 Å². The summed E-state index contributed by atoms with van der Waals surface area (Å²) in [6.45, 7) is 3.15. The van der Waals surface area contributed by atoms with E-state index in [1.165, 1.54) is 0 Å². The van der Waals surface area contributed by atoms with Gasteiger partial charge in [0.15, 0.2) is 0 Å². The zero-order valence-corrected chi connectivity index (χ0v) is 11.0. The van der Waals surface area contributed by atoms with Gasteiger partial charge in [-0.05, 0) is 5.56 Å². The molecule has 2 rings (SSSR count). The van der Waals surface area contributed by atoms with E-state index in [0.717, 1.165) is 5.56 Å². The summed E-state index contributed by atoms with van der Waals surface area (Å²) >= 11 is 0. The van der Waals surface area contributed by atoms with E-state index < -0.39 is 18.2 Å². The van der Waals surface area contributed by atoms with Gasteiger partial charge in [-0.15, -0.1) is 0 Å². The Morgan fingerprint density at radius 2 is 2.00 bits per heavy atom. The largest absolute Gasteiger partial charge is 0.460 e. The molecule has 0 amide bonds. The van der Waals surface area contributed by atoms with Gasteiger partial charge in [-0.1, -0.05) is 36.9 Å². The van der Waals surface area contributed by atoms with Gasteiger partial charge in [0.2, 0.25) is 0 Å². The van der Waals surface area contributed by atoms with E-state index >= 15 is 0 Å². The zero-order chi connectivity index (χ0) is 14.5. The standard InChI is InChI=1S/C14H18N2O4/c1-9(14(19)20-8-7-17)11(18)13-15-12(16-13)10-5-3-2-4-6-10/h2-6,11-13,15-18H,1,7-8H2. The van der Waals surface area contributed by atoms with Gasteiger partial charge in [0.05, 0.1) is 24.5 Å². The Hall–Kier alpha value is -1.73. The summed E-state index contributed by atoms with van der Waals surface area (Å²) in [5.74, 6) is -0.710. The number of nitrogens with one attached hydrogen (secondary N) is 2. The first-order valence-corrected chi connectivity index (χ1v) is 6.35. The van der Waals surface area contributed by atoms with Crippen LogP contribution in [0.1, 0.15) is 11.7 Å². The molecule has 0 bridgehead atoms. The van der Waals surface area contributed by atoms with Crippen LogP contribution in [0.3, 0.4) is 0 Å². The van der Waals surface area contributed by atoms with Crippen LogP contribution in [0, 0.1) is 0 Å². The molecule has 20 heavy (non-hydrogen) atoms. The van der Waals surface area contributed by atoms with Crippen LogP contribution in [-0.4, -0.2) is 41.7 Å². The SMILES string of the molecule is C=C(C(=O)OCCO)C(O)C1NC(c2ccccc2)N1. The van der Waals surface area contributed by atoms with E-state index in [1.807, 2.05) is 30.3 Å². The van der Waals surface area contributed by atoms with Gasteiger partial charge in [0.25, 0.3) is 0 Å². The molecule has 1 aliphatic rings. The average Bonchev–Trinajstić information content (AvgIpc) is 2.43. The molecule has 6 nitrogen and oxygen atoms in total. The van der Waals surface area contributed by atoms with Crippen LogP contribution in [0.4, 0.5) is 0 Å². The first kappa shape index (κ1) is 14.7. The molecule has 1 aromatic carbocycles. The molecule has 0 spiro atoms. The molecular weight excluding hydrogens is 260 g/mol. The van der Waals surface area contributed by atoms with Crippen LogP contribution in [0.15, 0.2) is 42.5 Å². The third-order valence-electron chi connectivity index (χ3n) is 3.08. The number of esters is 1. The lowest BCUT2D eigenvalue weighted by atomic mass is 10.0. The summed E-state index contributed by atoms with van der Waals surface area (Å²) in [7, 11) is 0. The van der Waals surface area contributed by atoms with Crippen LogP contribution in [0.2, 0.25) is 0 Å². The molecule has 1 unspecified atom stereocenters. The average molecular weight is 278 g/mol. The number of benzene rings is 1. The summed E-state index contributed by atoms with van der Waals surface area (Å²) in [6.07, 6.45) is -1.59. The van der Waals surface area contributed by atoms with E-state index in [2.05, 4.69) is 17.2 Å². The highest BCUT2D eigenvalue weighted by atomic mass is 16.5. The predicted octanol–water partition coefficient (Wildman–Crippen LogP) is -0.343. The van der Waals surface area contributed by atoms with Crippen LogP contribution in [0.25, 0.3) is 0 Å². The normalized spacial score (nSPS) is 22.7. The lowest BCUT2D eigenvalue weighted by Crippen LogP contribution is -2.66. The molecule has 4 N–H and O–H groups in total. The lowest BCUT2D eigenvalue weighted by molar-refractivity contribution is -0.141. The topological polar surface area (TPSA) is 90.8 Å². The van der Waals surface area contributed by atoms with Crippen molar-refractivity contribution in [2.75, 3.05) is 13.2 Å². The number of aliphatic hydroxyl groups excluding tert-OH is 2. The number of carbonyl (C=O) groups is 1. The molecule has 6 heteroatoms. The van der Waals surface area contributed by atoms with Gasteiger partial charge < -0.3 is 14.9 Å². The Balaban J connectivity index is 1.83. The van der Waals surface area contributed by atoms with E-state index in [-0.39, 0.29) is 25.0 Å². The van der Waals surface area contributed by atoms with Gasteiger partial charge >= 0.3 is 5.97 Å². The summed E-state index contributed by atoms with van der Waals surface area (Å²) in [4.78, 5) is 11.5. The Labute approximate surface area is 117 Å². The fourth-order valence-corrected chi connectivity index (χ4v) is 1.93. The molecule has 0 aliphatic carbocycles. The molecule has 0 aromatic heterocycles. The maximum atomic E-state index is 11.5. The van der Waals surface area contributed by atoms with Crippen LogP contribution < -0.4 is 10.6 Å². The number of carbonyl (C=O) groups excluding carboxylic acids is 1. The van der Waals surface area contributed by atoms with Crippen molar-refractivity contribution in [1.29, 1.82) is 0 Å². The maximum absolute atomic E-state index is 11.5. The number of hydrogen-bond acceptors (Lipinski definition) is 6. The van der Waals surface area contributed by atoms with Gasteiger partial charge in [-0.3, -0.25) is 10.6 Å². The highest BCUT2D eigenvalue weighted by molar-refractivity contribution is 5.89. The van der Waals surface area contributed by atoms with E-state index in [9.17, 15) is 9.90 Å². The molecule has 1 aromatic rings. The molecule has 1 saturated heterocycles. The van der Waals surface area contributed by atoms with Gasteiger partial charge in [0, 0.05) is 0 Å². The predicted molar refractivity (Wildman–Crippen MR) is 72.4 cm³/mol. The van der Waals surface area contributed by atoms with Crippen molar-refractivity contribution >= 4 is 5.97 Å². The minimum atomic E-state index is -1.08. The first-order valence-electron chi connectivity index (χ1n) is 6.35. The smallest absolute Gasteiger partial charge is 0.336 e. The van der Waals surface area contributed by atoms with E-state index in [4.69, 9.17) is 9.84 Å². The molecular formula is C14H18N2O4. The molecule has 1 atom stereocenters. The monoisotopic (exact) mass is 278 g/mol. The van der Waals surface area contributed by atoms with Crippen molar-refractivity contribution in [2.45, 2.75) is 18.4 Å². The van der Waals surface area contributed by atoms with Gasteiger partial charge in [-0.2, -0.15) is 0 Å². The molecule has 1 heterocycles. The number of hydrogen-bond donors (Lipinski definition) is 4. The second-order valence-corrected chi connectivity index (χ2v) is 4.48. The fraction of sp³-hybridized carbons (Fsp3) is 0.357. The Bertz CT molecular complexity index is 471. The molecule has 0 radical (unpaired) electrons. The van der Waals surface area contributed by atoms with Gasteiger partial charge in [-0.25, -0.2) is 4.79 Å². The lowest BCUT2D eigenvalue weighted by Gasteiger charge is -2.42. The maximum Gasteiger partial charge on any atom is 0.336 e. The summed E-state index contributed by atoms with van der Waals surface area (Å²) < 4.78 is 4.70. The van der Waals surface area contributed by atoms with Crippen molar-refractivity contribution in [3.8, 4) is 0 Å². The van der Waals surface area contributed by atoms with Crippen molar-refractivity contribution < 1.29 is 19.7 Å². The highest BCUT2D eigenvalue weighted by Crippen LogP contribution is 2.21. The fourth-order valence-electron chi connectivity index (χ4n) is 1.93. The highest BCUT2D eigenvalue weighted by Gasteiger charge is 2.36. The van der Waals surface area contributed by atoms with Crippen molar-refractivity contribution in [1.82, 2.24) is 10.6 Å². The van der Waals surface area contributed by atoms with Crippen LogP contribution in [0.5, 0.6) is 0 Å². The summed E-state index contributed by atoms with van der Waals surface area (Å²) in [5.41, 5.74) is 0.999. The third-order valence-corrected chi connectivity index (χ3v) is 3.08. The van der Waals surface area contributed by atoms with E-state index in [0.29, 0.717) is 0 Å². The summed E-state index contributed by atoms with van der Waals surface area (Å²) in [6, 6.07) is 9.68. The number of rotatable bonds is 6. The minimum absolute atomic E-state index is 0.0463. The van der Waals surface area contributed by atoms with Crippen molar-refractivity contribution in [2.24, 2.45) is 0 Å². The summed E-state index contributed by atoms with van der Waals surface area (Å²) in [5, 5.41) is 24.8. The molecule has 0 saturated carbocycles. The van der Waals surface area contributed by atoms with Crippen LogP contribution >= 0.6 is 0 Å². The van der Waals surface area contributed by atoms with Crippen molar-refractivity contribution in [3.63, 3.8) is 0 Å². The molecule has 1 aliphatic heterocycles. The third kappa shape index (κ3) is 3.23. The molecule has 1 fully saturated rings. The van der Waals surface area contributed by atoms with E-state index in [1.54, 1.807) is 0 Å². The minimum Gasteiger partial charge on any atom is -0.460 e. The first-order chi connectivity index (χ1) is 9.63. The number of ether oxygens (including phenoxy) is 1. The Morgan fingerprint density at radius 1 is 1.35 bits per heavy atom. The second kappa shape index (κ2) is 6.62. The Morgan fingerprint density at radius 3 is 2.60 bits per heavy atom. The van der Waals surface area contributed by atoms with Crippen LogP contribution in [-0.2, 0) is 9.53 Å². The quantitative estimate of drug-likeness (QED) is 0.420. The molecule has 108 valence electrons. The zero-order valence-electron chi connectivity index (χ0n) is 11.0. The number of aliphatic hydroxyl groups is 2.